The number of alkyl halides is 1. The molecule has 0 unspecified atom stereocenters. The van der Waals surface area contributed by atoms with E-state index < -0.39 is 0 Å². The van der Waals surface area contributed by atoms with Crippen LogP contribution in [0.25, 0.3) is 0 Å². The largest absolute Gasteiger partial charge is 0.489 e. The van der Waals surface area contributed by atoms with E-state index in [1.165, 1.54) is 30.3 Å². The molecule has 0 saturated carbocycles. The Balaban J connectivity index is 0.000000643. The van der Waals surface area contributed by atoms with Gasteiger partial charge in [0.25, 0.3) is 0 Å². The molecule has 3 nitrogen and oxygen atoms in total. The molecule has 1 radical (unpaired) electrons. The topological polar surface area (TPSA) is 38.7 Å². The standard InChI is InChI=1S/C14H12BrFO.C14H13FO2.CH2I.Br3P.V/c15-9-12-8-13(16)6-7-14(12)17-10-11-4-2-1-3-5-11;15-13-6-7-14(12(8-13)9-16)17-10-11-4-2-1-3-5-11;1-2;1-4(2)3;/h1-8H,9-10H2;1-8,16H,9-10H2;1H2;;/q;;-1;;. The summed E-state index contributed by atoms with van der Waals surface area (Å²) in [5.74, 6) is 0.609. The number of aliphatic hydroxyl groups is 1. The minimum Gasteiger partial charge on any atom is -0.489 e. The maximum absolute atomic E-state index is 13.0. The number of rotatable bonds is 8. The Kier molecular flexibility index (Phi) is 25.3. The fourth-order valence-corrected chi connectivity index (χ4v) is 3.51. The molecule has 4 aromatic carbocycles. The molecule has 0 spiro atoms. The van der Waals surface area contributed by atoms with Gasteiger partial charge in [-0.1, -0.05) is 76.6 Å². The maximum Gasteiger partial charge on any atom is 0.125 e. The minimum atomic E-state index is -0.374. The summed E-state index contributed by atoms with van der Waals surface area (Å²) in [5, 5.41) is 9.67. The molecular formula is C29H27Br4F2IO3PV-. The molecule has 0 aromatic heterocycles. The molecule has 0 bridgehead atoms. The van der Waals surface area contributed by atoms with Crippen molar-refractivity contribution in [2.75, 3.05) is 0 Å². The van der Waals surface area contributed by atoms with Crippen molar-refractivity contribution in [1.82, 2.24) is 0 Å². The number of hydrogen-bond donors (Lipinski definition) is 1. The van der Waals surface area contributed by atoms with E-state index in [-0.39, 0.29) is 40.8 Å². The smallest absolute Gasteiger partial charge is 0.125 e. The maximum atomic E-state index is 13.0. The number of halogens is 7. The summed E-state index contributed by atoms with van der Waals surface area (Å²) in [4.78, 5) is 3.22. The number of hydrogen-bond acceptors (Lipinski definition) is 3. The molecule has 0 saturated heterocycles. The molecule has 0 amide bonds. The van der Waals surface area contributed by atoms with Crippen molar-refractivity contribution in [1.29, 1.82) is 0 Å². The molecule has 0 aliphatic rings. The fourth-order valence-electron chi connectivity index (χ4n) is 3.08. The molecule has 0 aliphatic carbocycles. The van der Waals surface area contributed by atoms with Crippen LogP contribution in [0.1, 0.15) is 22.3 Å². The Morgan fingerprint density at radius 2 is 1.05 bits per heavy atom. The van der Waals surface area contributed by atoms with Crippen molar-refractivity contribution >= 4 is 89.0 Å². The third-order valence-electron chi connectivity index (χ3n) is 4.83. The molecule has 41 heavy (non-hydrogen) atoms. The van der Waals surface area contributed by atoms with Gasteiger partial charge in [-0.25, -0.2) is 8.78 Å². The van der Waals surface area contributed by atoms with Gasteiger partial charge < -0.3 is 37.2 Å². The van der Waals surface area contributed by atoms with E-state index in [9.17, 15) is 8.78 Å². The van der Waals surface area contributed by atoms with Crippen molar-refractivity contribution in [3.63, 3.8) is 0 Å². The molecule has 4 aromatic rings. The summed E-state index contributed by atoms with van der Waals surface area (Å²) in [6, 6.07) is 28.3. The van der Waals surface area contributed by atoms with E-state index in [1.807, 2.05) is 83.3 Å². The van der Waals surface area contributed by atoms with Gasteiger partial charge in [-0.15, -0.1) is 0 Å². The van der Waals surface area contributed by atoms with Crippen LogP contribution in [0.15, 0.2) is 97.1 Å². The van der Waals surface area contributed by atoms with Gasteiger partial charge in [0.2, 0.25) is 0 Å². The van der Waals surface area contributed by atoms with Crippen LogP contribution in [0.4, 0.5) is 8.78 Å². The van der Waals surface area contributed by atoms with Crippen molar-refractivity contribution in [2.24, 2.45) is 0 Å². The third kappa shape index (κ3) is 18.4. The first kappa shape index (κ1) is 41.0. The fraction of sp³-hybridized carbons (Fsp3) is 0.138. The van der Waals surface area contributed by atoms with Gasteiger partial charge in [0.1, 0.15) is 40.4 Å². The van der Waals surface area contributed by atoms with Crippen molar-refractivity contribution in [2.45, 2.75) is 25.2 Å². The summed E-state index contributed by atoms with van der Waals surface area (Å²) in [6.07, 6.45) is 0. The van der Waals surface area contributed by atoms with Crippen molar-refractivity contribution in [3.05, 3.63) is 136 Å². The average Bonchev–Trinajstić information content (AvgIpc) is 2.98. The van der Waals surface area contributed by atoms with Crippen LogP contribution in [0.2, 0.25) is 0 Å². The summed E-state index contributed by atoms with van der Waals surface area (Å²) in [7, 11) is 0. The quantitative estimate of drug-likeness (QED) is 0.0827. The van der Waals surface area contributed by atoms with Crippen LogP contribution in [-0.2, 0) is 43.7 Å². The number of aliphatic hydroxyl groups excluding tert-OH is 1. The van der Waals surface area contributed by atoms with Gasteiger partial charge in [0.05, 0.1) is 6.61 Å². The second kappa shape index (κ2) is 25.3. The zero-order valence-corrected chi connectivity index (χ0v) is 32.4. The van der Waals surface area contributed by atoms with Crippen LogP contribution in [-0.4, -0.2) is 5.11 Å². The first-order valence-corrected chi connectivity index (χ1v) is 21.5. The predicted octanol–water partition coefficient (Wildman–Crippen LogP) is 11.8. The van der Waals surface area contributed by atoms with Gasteiger partial charge in [0, 0.05) is 35.0 Å². The molecule has 4 rings (SSSR count). The zero-order valence-electron chi connectivity index (χ0n) is 21.6. The molecule has 0 fully saturated rings. The zero-order chi connectivity index (χ0) is 29.8. The van der Waals surface area contributed by atoms with E-state index >= 15 is 0 Å². The second-order valence-corrected chi connectivity index (χ2v) is 23.4. The monoisotopic (exact) mass is 986 g/mol. The Bertz CT molecular complexity index is 1140. The Labute approximate surface area is 300 Å². The summed E-state index contributed by atoms with van der Waals surface area (Å²) in [5.41, 5.74) is 3.40. The van der Waals surface area contributed by atoms with E-state index in [2.05, 4.69) is 67.3 Å². The van der Waals surface area contributed by atoms with Crippen LogP contribution < -0.4 is 9.47 Å². The molecule has 12 heteroatoms. The SMILES string of the molecule is BrP(Br)Br.Fc1ccc(OCc2ccccc2)c(CBr)c1.OCc1cc(F)ccc1OCc1ccccc1.[CH2-]I.[V]. The first-order valence-electron chi connectivity index (χ1n) is 11.4. The van der Waals surface area contributed by atoms with Crippen molar-refractivity contribution in [3.8, 4) is 11.5 Å². The Morgan fingerprint density at radius 1 is 0.683 bits per heavy atom. The average molecular weight is 990 g/mol. The normalized spacial score (nSPS) is 9.51. The Morgan fingerprint density at radius 3 is 1.41 bits per heavy atom. The van der Waals surface area contributed by atoms with Gasteiger partial charge in [0.15, 0.2) is 0 Å². The Hall–Kier alpha value is -0.0356. The van der Waals surface area contributed by atoms with Gasteiger partial charge in [-0.05, 0) is 94.0 Å². The van der Waals surface area contributed by atoms with E-state index in [4.69, 9.17) is 14.6 Å². The van der Waals surface area contributed by atoms with E-state index in [1.54, 1.807) is 6.07 Å². The summed E-state index contributed by atoms with van der Waals surface area (Å²) < 4.78 is 37.0. The number of ether oxygens (including phenoxy) is 2. The van der Waals surface area contributed by atoms with Gasteiger partial charge in [-0.2, -0.15) is 0 Å². The van der Waals surface area contributed by atoms with Gasteiger partial charge >= 0.3 is 0 Å². The van der Waals surface area contributed by atoms with E-state index in [0.29, 0.717) is 35.6 Å². The molecule has 0 aliphatic heterocycles. The van der Waals surface area contributed by atoms with Gasteiger partial charge in [-0.3, -0.25) is 4.93 Å². The number of benzene rings is 4. The minimum absolute atomic E-state index is 0. The molecule has 1 N–H and O–H groups in total. The molecule has 0 atom stereocenters. The first-order chi connectivity index (χ1) is 19.3. The summed E-state index contributed by atoms with van der Waals surface area (Å²) in [6.45, 7) is 0.661. The third-order valence-corrected chi connectivity index (χ3v) is 5.44. The van der Waals surface area contributed by atoms with Crippen LogP contribution in [0.3, 0.4) is 0 Å². The molecule has 0 heterocycles. The van der Waals surface area contributed by atoms with Crippen LogP contribution >= 0.6 is 89.0 Å². The van der Waals surface area contributed by atoms with Crippen molar-refractivity contribution < 1.29 is 41.9 Å². The summed E-state index contributed by atoms with van der Waals surface area (Å²) >= 11 is 14.7. The van der Waals surface area contributed by atoms with E-state index in [0.717, 1.165) is 16.7 Å². The second-order valence-electron chi connectivity index (χ2n) is 7.54. The predicted molar refractivity (Wildman–Crippen MR) is 186 cm³/mol. The van der Waals surface area contributed by atoms with Crippen LogP contribution in [0, 0.1) is 16.6 Å². The molecule has 221 valence electrons. The van der Waals surface area contributed by atoms with Crippen LogP contribution in [0.5, 0.6) is 11.5 Å². The molecular weight excluding hydrogens is 963 g/mol.